The quantitative estimate of drug-likeness (QED) is 0.0291. The van der Waals surface area contributed by atoms with E-state index in [1.165, 1.54) is 17.8 Å². The van der Waals surface area contributed by atoms with Crippen molar-refractivity contribution in [1.29, 1.82) is 0 Å². The second kappa shape index (κ2) is 42.6. The van der Waals surface area contributed by atoms with Crippen molar-refractivity contribution in [3.63, 3.8) is 0 Å². The topological polar surface area (TPSA) is 315 Å². The molecule has 10 rings (SSSR count). The molecule has 6 aliphatic heterocycles. The van der Waals surface area contributed by atoms with Gasteiger partial charge in [-0.3, -0.25) is 53.2 Å². The molecule has 4 aromatic carbocycles. The number of nitrogens with zero attached hydrogens (tertiary/aromatic N) is 7. The minimum atomic E-state index is -0.785. The van der Waals surface area contributed by atoms with Gasteiger partial charge in [-0.1, -0.05) is 45.0 Å². The maximum Gasteiger partial charge on any atom is 0.260 e. The first-order valence-electron chi connectivity index (χ1n) is 37.9. The first kappa shape index (κ1) is 82.9. The molecule has 0 aliphatic carbocycles. The van der Waals surface area contributed by atoms with Gasteiger partial charge in [-0.25, -0.2) is 0 Å². The van der Waals surface area contributed by atoms with Gasteiger partial charge in [0.2, 0.25) is 17.7 Å². The number of nitrogens with one attached hydrogen (secondary N) is 3. The standard InChI is InChI=1S/C81H104N10O19/c1-55(2)78(86-75(94)19-28-101-30-32-103-34-36-105-38-40-107-42-43-108-41-39-106-37-35-104-33-31-102-29-20-82-74(93)18-21-89-76(95)16-17-77(89)96)70(92)45-57(4)79(97)85-62-12-8-58(9-13-62)60-46-64-51-83-68-49-71(56(3)44-66(68)80(98)90(64)53-60)109-26-7-27-110-73-50-69-67(48-72(73)100-6)81(99)91-54-61(47-65(91)52-84-69)59-10-14-63(15-11-59)88-24-22-87(5)23-25-88/h8-17,44,48-55,57,64-65,78H,7,18-43,45-47H2,1-6H3,(H,82,93)(H,85,97)(H,86,94)/t57-,64+,65+,78?/m1/s1. The van der Waals surface area contributed by atoms with Crippen LogP contribution < -0.4 is 35.1 Å². The summed E-state index contributed by atoms with van der Waals surface area (Å²) in [4.78, 5) is 122. The Kier molecular flexibility index (Phi) is 32.1. The van der Waals surface area contributed by atoms with Crippen molar-refractivity contribution in [2.45, 2.75) is 84.3 Å². The molecule has 7 amide bonds. The number of hydrogen-bond acceptors (Lipinski definition) is 23. The highest BCUT2D eigenvalue weighted by Crippen LogP contribution is 2.41. The molecule has 0 bridgehead atoms. The monoisotopic (exact) mass is 1520 g/mol. The van der Waals surface area contributed by atoms with Gasteiger partial charge in [0.05, 0.1) is 167 Å². The van der Waals surface area contributed by atoms with Gasteiger partial charge in [0.1, 0.15) is 5.75 Å². The van der Waals surface area contributed by atoms with Crippen molar-refractivity contribution < 1.29 is 90.5 Å². The van der Waals surface area contributed by atoms with Crippen LogP contribution in [0.4, 0.5) is 22.7 Å². The second-order valence-corrected chi connectivity index (χ2v) is 27.7. The van der Waals surface area contributed by atoms with Gasteiger partial charge in [0, 0.05) is 144 Å². The zero-order chi connectivity index (χ0) is 77.7. The fraction of sp³-hybridized carbons (Fsp3) is 0.506. The van der Waals surface area contributed by atoms with E-state index < -0.39 is 23.8 Å². The molecule has 6 aliphatic rings. The number of benzene rings is 4. The maximum atomic E-state index is 14.2. The summed E-state index contributed by atoms with van der Waals surface area (Å²) >= 11 is 0. The third-order valence-corrected chi connectivity index (χ3v) is 19.3. The van der Waals surface area contributed by atoms with E-state index >= 15 is 0 Å². The van der Waals surface area contributed by atoms with Gasteiger partial charge in [-0.2, -0.15) is 0 Å². The van der Waals surface area contributed by atoms with Crippen molar-refractivity contribution >= 4 is 93.5 Å². The molecule has 4 aromatic rings. The van der Waals surface area contributed by atoms with Gasteiger partial charge in [-0.05, 0) is 84.1 Å². The lowest BCUT2D eigenvalue weighted by Gasteiger charge is -2.34. The van der Waals surface area contributed by atoms with E-state index in [0.29, 0.717) is 177 Å². The summed E-state index contributed by atoms with van der Waals surface area (Å²) in [5, 5.41) is 8.44. The van der Waals surface area contributed by atoms with Crippen molar-refractivity contribution in [2.75, 3.05) is 183 Å². The Morgan fingerprint density at radius 1 is 0.545 bits per heavy atom. The Balaban J connectivity index is 0.537. The molecule has 0 spiro atoms. The summed E-state index contributed by atoms with van der Waals surface area (Å²) < 4.78 is 62.4. The lowest BCUT2D eigenvalue weighted by molar-refractivity contribution is -0.137. The van der Waals surface area contributed by atoms with Crippen LogP contribution in [0.25, 0.3) is 11.1 Å². The van der Waals surface area contributed by atoms with Crippen molar-refractivity contribution in [3.05, 3.63) is 125 Å². The Hall–Kier alpha value is -9.56. The number of aryl methyl sites for hydroxylation is 1. The number of imide groups is 1. The number of amides is 7. The van der Waals surface area contributed by atoms with Crippen molar-refractivity contribution in [2.24, 2.45) is 21.8 Å². The highest BCUT2D eigenvalue weighted by atomic mass is 16.6. The molecule has 592 valence electrons. The van der Waals surface area contributed by atoms with Crippen LogP contribution in [0.5, 0.6) is 17.2 Å². The van der Waals surface area contributed by atoms with E-state index in [1.54, 1.807) is 60.4 Å². The van der Waals surface area contributed by atoms with Crippen LogP contribution >= 0.6 is 0 Å². The molecule has 0 radical (unpaired) electrons. The minimum Gasteiger partial charge on any atom is -0.493 e. The smallest absolute Gasteiger partial charge is 0.260 e. The van der Waals surface area contributed by atoms with Gasteiger partial charge in [-0.15, -0.1) is 0 Å². The van der Waals surface area contributed by atoms with Gasteiger partial charge < -0.3 is 87.7 Å². The number of ether oxygens (including phenoxy) is 11. The van der Waals surface area contributed by atoms with E-state index in [1.807, 2.05) is 57.6 Å². The average Bonchev–Trinajstić information content (AvgIpc) is 1.62. The zero-order valence-corrected chi connectivity index (χ0v) is 63.9. The Morgan fingerprint density at radius 3 is 1.55 bits per heavy atom. The predicted octanol–water partition coefficient (Wildman–Crippen LogP) is 7.18. The highest BCUT2D eigenvalue weighted by molar-refractivity contribution is 6.13. The third-order valence-electron chi connectivity index (χ3n) is 19.3. The summed E-state index contributed by atoms with van der Waals surface area (Å²) in [6, 6.07) is 21.7. The molecule has 3 N–H and O–H groups in total. The van der Waals surface area contributed by atoms with Crippen LogP contribution in [0.1, 0.15) is 96.7 Å². The van der Waals surface area contributed by atoms with Gasteiger partial charge in [0.25, 0.3) is 23.6 Å². The molecule has 0 aromatic heterocycles. The normalized spacial score (nSPS) is 17.2. The number of anilines is 2. The molecule has 4 atom stereocenters. The van der Waals surface area contributed by atoms with E-state index in [-0.39, 0.29) is 92.3 Å². The number of carbonyl (C=O) groups is 8. The molecule has 0 saturated carbocycles. The van der Waals surface area contributed by atoms with Crippen LogP contribution in [-0.4, -0.2) is 270 Å². The highest BCUT2D eigenvalue weighted by Gasteiger charge is 2.36. The maximum absolute atomic E-state index is 14.2. The number of aliphatic imine (C=N–C) groups is 2. The zero-order valence-electron chi connectivity index (χ0n) is 63.9. The van der Waals surface area contributed by atoms with E-state index in [4.69, 9.17) is 62.1 Å². The Bertz CT molecular complexity index is 3950. The van der Waals surface area contributed by atoms with E-state index in [2.05, 4.69) is 57.1 Å². The molecule has 1 saturated heterocycles. The van der Waals surface area contributed by atoms with Crippen LogP contribution in [-0.2, 0) is 66.7 Å². The fourth-order valence-electron chi connectivity index (χ4n) is 13.0. The number of likely N-dealkylation sites (N-methyl/N-ethyl adjacent to an activating group) is 1. The summed E-state index contributed by atoms with van der Waals surface area (Å²) in [5.74, 6) is -1.77. The molecule has 29 heteroatoms. The van der Waals surface area contributed by atoms with E-state index in [9.17, 15) is 38.4 Å². The molecule has 1 unspecified atom stereocenters. The molecular formula is C81H104N10O19. The molecular weight excluding hydrogens is 1420 g/mol. The molecule has 29 nitrogen and oxygen atoms in total. The summed E-state index contributed by atoms with van der Waals surface area (Å²) in [6.45, 7) is 18.0. The van der Waals surface area contributed by atoms with E-state index in [0.717, 1.165) is 58.9 Å². The first-order valence-corrected chi connectivity index (χ1v) is 37.9. The number of fused-ring (bicyclic) bond motifs is 4. The van der Waals surface area contributed by atoms with Crippen LogP contribution in [0.3, 0.4) is 0 Å². The van der Waals surface area contributed by atoms with Crippen LogP contribution in [0.15, 0.2) is 107 Å². The van der Waals surface area contributed by atoms with Gasteiger partial charge >= 0.3 is 0 Å². The number of Topliss-reactive ketones (excluding diaryl/α,β-unsaturated/α-hetero) is 1. The lowest BCUT2D eigenvalue weighted by atomic mass is 9.92. The number of piperazine rings is 1. The predicted molar refractivity (Wildman–Crippen MR) is 413 cm³/mol. The number of rotatable bonds is 47. The van der Waals surface area contributed by atoms with Gasteiger partial charge in [0.15, 0.2) is 17.3 Å². The van der Waals surface area contributed by atoms with Crippen molar-refractivity contribution in [3.8, 4) is 17.2 Å². The first-order chi connectivity index (χ1) is 53.4. The number of methoxy groups -OCH3 is 1. The summed E-state index contributed by atoms with van der Waals surface area (Å²) in [6.07, 6.45) is 11.5. The Labute approximate surface area is 642 Å². The number of carbonyl (C=O) groups excluding carboxylic acids is 8. The summed E-state index contributed by atoms with van der Waals surface area (Å²) in [5.41, 5.74) is 8.43. The second-order valence-electron chi connectivity index (χ2n) is 27.7. The van der Waals surface area contributed by atoms with Crippen LogP contribution in [0.2, 0.25) is 0 Å². The fourth-order valence-corrected chi connectivity index (χ4v) is 13.0. The SMILES string of the molecule is COc1cc2c(cc1OCCCOc1cc3c(cc1C)C(=O)N1C=C(c4ccc(NC(=O)[C@H](C)CC(=O)C(NC(=O)CCOCCOCCOCCOCCOCCOCCOCCOCCNC(=O)CCN5C(=O)C=CC5=O)C(C)C)cc4)C[C@H]1C=N3)N=C[C@@H]1CC(c3ccc(N4CCN(C)CC4)cc3)=CN1C2=O. The molecule has 6 heterocycles. The average molecular weight is 1520 g/mol. The molecule has 110 heavy (non-hydrogen) atoms. The number of ketones is 1. The largest absolute Gasteiger partial charge is 0.493 e. The Morgan fingerprint density at radius 2 is 1.03 bits per heavy atom. The lowest BCUT2D eigenvalue weighted by Crippen LogP contribution is -2.45. The third kappa shape index (κ3) is 24.2. The summed E-state index contributed by atoms with van der Waals surface area (Å²) in [7, 11) is 3.70. The molecule has 1 fully saturated rings. The number of hydrogen-bond donors (Lipinski definition) is 3. The van der Waals surface area contributed by atoms with Crippen LogP contribution in [0, 0.1) is 18.8 Å². The minimum absolute atomic E-state index is 0.0295. The van der Waals surface area contributed by atoms with Crippen molar-refractivity contribution in [1.82, 2.24) is 30.2 Å².